The number of hydrogen-bond acceptors (Lipinski definition) is 4. The molecule has 1 saturated carbocycles. The number of hydrogen-bond donors (Lipinski definition) is 2. The van der Waals surface area contributed by atoms with Crippen molar-refractivity contribution in [2.45, 2.75) is 45.7 Å². The number of aryl methyl sites for hydroxylation is 1. The molecule has 8 heteroatoms. The number of fused-ring (bicyclic) bond motifs is 1. The van der Waals surface area contributed by atoms with Gasteiger partial charge >= 0.3 is 5.97 Å². The standard InChI is InChI=1S/C21H25F2N3O3/c1-10-14-17(26(11-5-6-11)7-12(19(14)27)20(28)29)16(23)18(15(10)22)25-8-13(24-4)21(2,3)9-25/h7,11,13,24H,5-6,8-9H2,1-4H3,(H,28,29)/t13-/m0/s1. The van der Waals surface area contributed by atoms with E-state index >= 15 is 8.78 Å². The van der Waals surface area contributed by atoms with Crippen LogP contribution in [0.1, 0.15) is 48.7 Å². The smallest absolute Gasteiger partial charge is 0.341 e. The third-order valence-electron chi connectivity index (χ3n) is 6.34. The van der Waals surface area contributed by atoms with E-state index in [0.29, 0.717) is 13.1 Å². The van der Waals surface area contributed by atoms with E-state index in [1.807, 2.05) is 20.9 Å². The SMILES string of the molecule is CN[C@H]1CN(c2c(F)c(C)c3c(=O)c(C(=O)O)cn(C4CC4)c3c2F)CC1(C)C. The number of carboxylic acid groups (broad SMARTS) is 1. The van der Waals surface area contributed by atoms with Crippen LogP contribution in [0.25, 0.3) is 10.9 Å². The number of carbonyl (C=O) groups is 1. The fourth-order valence-corrected chi connectivity index (χ4v) is 4.56. The van der Waals surface area contributed by atoms with Crippen LogP contribution in [0, 0.1) is 24.0 Å². The van der Waals surface area contributed by atoms with Gasteiger partial charge in [0, 0.05) is 36.9 Å². The van der Waals surface area contributed by atoms with Crippen LogP contribution in [0.15, 0.2) is 11.0 Å². The van der Waals surface area contributed by atoms with Gasteiger partial charge in [-0.3, -0.25) is 4.79 Å². The second kappa shape index (κ2) is 6.52. The maximum atomic E-state index is 15.8. The van der Waals surface area contributed by atoms with Crippen molar-refractivity contribution in [2.75, 3.05) is 25.0 Å². The molecule has 6 nitrogen and oxygen atoms in total. The minimum Gasteiger partial charge on any atom is -0.477 e. The molecule has 0 unspecified atom stereocenters. The normalized spacial score (nSPS) is 21.2. The minimum absolute atomic E-state index is 0.00196. The molecule has 156 valence electrons. The Bertz CT molecular complexity index is 1090. The zero-order valence-corrected chi connectivity index (χ0v) is 17.0. The fourth-order valence-electron chi connectivity index (χ4n) is 4.56. The largest absolute Gasteiger partial charge is 0.477 e. The van der Waals surface area contributed by atoms with Crippen molar-refractivity contribution in [1.82, 2.24) is 9.88 Å². The molecule has 1 aliphatic heterocycles. The van der Waals surface area contributed by atoms with E-state index in [2.05, 4.69) is 5.32 Å². The molecule has 1 aromatic carbocycles. The molecule has 1 aromatic heterocycles. The van der Waals surface area contributed by atoms with Crippen molar-refractivity contribution in [1.29, 1.82) is 0 Å². The van der Waals surface area contributed by atoms with E-state index in [1.54, 1.807) is 4.90 Å². The molecular formula is C21H25F2N3O3. The molecule has 2 aliphatic rings. The molecule has 1 atom stereocenters. The summed E-state index contributed by atoms with van der Waals surface area (Å²) in [5, 5.41) is 12.4. The molecule has 1 saturated heterocycles. The quantitative estimate of drug-likeness (QED) is 0.818. The van der Waals surface area contributed by atoms with Gasteiger partial charge in [-0.15, -0.1) is 0 Å². The lowest BCUT2D eigenvalue weighted by atomic mass is 9.88. The van der Waals surface area contributed by atoms with Crippen molar-refractivity contribution in [3.8, 4) is 0 Å². The highest BCUT2D eigenvalue weighted by atomic mass is 19.1. The Morgan fingerprint density at radius 1 is 1.28 bits per heavy atom. The number of halogens is 2. The summed E-state index contributed by atoms with van der Waals surface area (Å²) in [6, 6.07) is -0.0270. The van der Waals surface area contributed by atoms with Crippen molar-refractivity contribution in [3.63, 3.8) is 0 Å². The van der Waals surface area contributed by atoms with Gasteiger partial charge in [0.2, 0.25) is 5.43 Å². The Balaban J connectivity index is 2.02. The van der Waals surface area contributed by atoms with Crippen molar-refractivity contribution in [3.05, 3.63) is 39.2 Å². The number of nitrogens with one attached hydrogen (secondary N) is 1. The first-order chi connectivity index (χ1) is 13.6. The Hall–Kier alpha value is -2.48. The predicted molar refractivity (Wildman–Crippen MR) is 107 cm³/mol. The predicted octanol–water partition coefficient (Wildman–Crippen LogP) is 3.06. The number of aromatic carboxylic acids is 1. The second-order valence-corrected chi connectivity index (χ2v) is 8.85. The lowest BCUT2D eigenvalue weighted by Crippen LogP contribution is -2.38. The van der Waals surface area contributed by atoms with E-state index < -0.39 is 28.6 Å². The summed E-state index contributed by atoms with van der Waals surface area (Å²) in [5.41, 5.74) is -1.65. The summed E-state index contributed by atoms with van der Waals surface area (Å²) in [6.45, 7) is 6.39. The van der Waals surface area contributed by atoms with Crippen molar-refractivity contribution < 1.29 is 18.7 Å². The summed E-state index contributed by atoms with van der Waals surface area (Å²) in [4.78, 5) is 26.0. The molecule has 29 heavy (non-hydrogen) atoms. The molecule has 1 aliphatic carbocycles. The highest BCUT2D eigenvalue weighted by molar-refractivity contribution is 5.95. The Labute approximate surface area is 167 Å². The Morgan fingerprint density at radius 3 is 2.45 bits per heavy atom. The van der Waals surface area contributed by atoms with Gasteiger partial charge in [-0.1, -0.05) is 13.8 Å². The van der Waals surface area contributed by atoms with Gasteiger partial charge in [-0.25, -0.2) is 13.6 Å². The zero-order chi connectivity index (χ0) is 21.2. The first kappa shape index (κ1) is 19.8. The number of benzene rings is 1. The van der Waals surface area contributed by atoms with Crippen LogP contribution >= 0.6 is 0 Å². The molecule has 4 rings (SSSR count). The van der Waals surface area contributed by atoms with Crippen LogP contribution in [0.4, 0.5) is 14.5 Å². The fraction of sp³-hybridized carbons (Fsp3) is 0.524. The molecule has 2 aromatic rings. The molecule has 0 radical (unpaired) electrons. The van der Waals surface area contributed by atoms with Crippen LogP contribution in [-0.4, -0.2) is 41.8 Å². The van der Waals surface area contributed by atoms with Gasteiger partial charge in [0.1, 0.15) is 11.3 Å². The monoisotopic (exact) mass is 405 g/mol. The lowest BCUT2D eigenvalue weighted by molar-refractivity contribution is 0.0695. The molecule has 0 amide bonds. The molecule has 2 fully saturated rings. The van der Waals surface area contributed by atoms with Crippen LogP contribution in [0.3, 0.4) is 0 Å². The first-order valence-electron chi connectivity index (χ1n) is 9.80. The van der Waals surface area contributed by atoms with Crippen LogP contribution in [0.5, 0.6) is 0 Å². The number of rotatable bonds is 4. The first-order valence-corrected chi connectivity index (χ1v) is 9.80. The Kier molecular flexibility index (Phi) is 4.45. The summed E-state index contributed by atoms with van der Waals surface area (Å²) in [7, 11) is 1.83. The molecule has 2 heterocycles. The molecule has 0 bridgehead atoms. The van der Waals surface area contributed by atoms with Gasteiger partial charge in [0.05, 0.1) is 10.9 Å². The van der Waals surface area contributed by atoms with Gasteiger partial charge in [0.15, 0.2) is 11.6 Å². The van der Waals surface area contributed by atoms with Gasteiger partial charge in [-0.05, 0) is 32.2 Å². The van der Waals surface area contributed by atoms with E-state index in [1.165, 1.54) is 17.7 Å². The van der Waals surface area contributed by atoms with Crippen molar-refractivity contribution >= 4 is 22.6 Å². The number of anilines is 1. The van der Waals surface area contributed by atoms with Crippen LogP contribution < -0.4 is 15.6 Å². The van der Waals surface area contributed by atoms with E-state index in [9.17, 15) is 14.7 Å². The maximum Gasteiger partial charge on any atom is 0.341 e. The third kappa shape index (κ3) is 2.92. The topological polar surface area (TPSA) is 74.6 Å². The van der Waals surface area contributed by atoms with Gasteiger partial charge < -0.3 is 19.9 Å². The average molecular weight is 405 g/mol. The van der Waals surface area contributed by atoms with Crippen LogP contribution in [-0.2, 0) is 0 Å². The third-order valence-corrected chi connectivity index (χ3v) is 6.34. The highest BCUT2D eigenvalue weighted by Gasteiger charge is 2.41. The number of aromatic nitrogens is 1. The average Bonchev–Trinajstić information content (AvgIpc) is 3.43. The van der Waals surface area contributed by atoms with Crippen LogP contribution in [0.2, 0.25) is 0 Å². The number of pyridine rings is 1. The molecule has 0 spiro atoms. The van der Waals surface area contributed by atoms with Crippen molar-refractivity contribution in [2.24, 2.45) is 5.41 Å². The summed E-state index contributed by atoms with van der Waals surface area (Å²) >= 11 is 0. The minimum atomic E-state index is -1.39. The molecular weight excluding hydrogens is 380 g/mol. The van der Waals surface area contributed by atoms with Gasteiger partial charge in [0.25, 0.3) is 0 Å². The summed E-state index contributed by atoms with van der Waals surface area (Å²) < 4.78 is 32.7. The summed E-state index contributed by atoms with van der Waals surface area (Å²) in [6.07, 6.45) is 2.74. The van der Waals surface area contributed by atoms with E-state index in [4.69, 9.17) is 0 Å². The van der Waals surface area contributed by atoms with E-state index in [0.717, 1.165) is 12.8 Å². The van der Waals surface area contributed by atoms with Gasteiger partial charge in [-0.2, -0.15) is 0 Å². The highest BCUT2D eigenvalue weighted by Crippen LogP contribution is 2.42. The second-order valence-electron chi connectivity index (χ2n) is 8.85. The number of carboxylic acids is 1. The zero-order valence-electron chi connectivity index (χ0n) is 17.0. The maximum absolute atomic E-state index is 15.8. The number of likely N-dealkylation sites (N-methyl/N-ethyl adjacent to an activating group) is 1. The lowest BCUT2D eigenvalue weighted by Gasteiger charge is -2.25. The number of nitrogens with zero attached hydrogens (tertiary/aromatic N) is 2. The van der Waals surface area contributed by atoms with E-state index in [-0.39, 0.29) is 39.7 Å². The molecule has 2 N–H and O–H groups in total. The Morgan fingerprint density at radius 2 is 1.93 bits per heavy atom. The summed E-state index contributed by atoms with van der Waals surface area (Å²) in [5.74, 6) is -2.99.